The number of hydrogen-bond acceptors (Lipinski definition) is 5. The summed E-state index contributed by atoms with van der Waals surface area (Å²) in [7, 11) is 0. The average Bonchev–Trinajstić information content (AvgIpc) is 2.48. The van der Waals surface area contributed by atoms with E-state index >= 15 is 0 Å². The summed E-state index contributed by atoms with van der Waals surface area (Å²) in [6.45, 7) is 9.84. The first-order valence-electron chi connectivity index (χ1n) is 7.04. The van der Waals surface area contributed by atoms with E-state index in [9.17, 15) is 4.79 Å². The minimum atomic E-state index is 0.0374. The number of rotatable bonds is 9. The van der Waals surface area contributed by atoms with Crippen molar-refractivity contribution in [1.29, 1.82) is 5.26 Å². The number of carbonyl (C=O) groups excluding carboxylic acids is 1. The Labute approximate surface area is 121 Å². The number of morpholine rings is 1. The van der Waals surface area contributed by atoms with Crippen LogP contribution in [0.5, 0.6) is 0 Å². The van der Waals surface area contributed by atoms with E-state index in [1.807, 2.05) is 0 Å². The molecule has 1 heterocycles. The van der Waals surface area contributed by atoms with Crippen LogP contribution in [0.3, 0.4) is 0 Å². The predicted molar refractivity (Wildman–Crippen MR) is 77.1 cm³/mol. The third kappa shape index (κ3) is 6.66. The quantitative estimate of drug-likeness (QED) is 0.469. The minimum Gasteiger partial charge on any atom is -0.379 e. The summed E-state index contributed by atoms with van der Waals surface area (Å²) in [5.74, 6) is 0.0374. The fourth-order valence-electron chi connectivity index (χ4n) is 2.03. The summed E-state index contributed by atoms with van der Waals surface area (Å²) in [6, 6.07) is 2.09. The molecule has 1 rings (SSSR count). The Kier molecular flexibility index (Phi) is 8.63. The normalized spacial score (nSPS) is 15.6. The first-order valence-corrected chi connectivity index (χ1v) is 7.04. The van der Waals surface area contributed by atoms with Crippen molar-refractivity contribution in [3.63, 3.8) is 0 Å². The van der Waals surface area contributed by atoms with E-state index in [0.29, 0.717) is 32.6 Å². The molecule has 1 fully saturated rings. The van der Waals surface area contributed by atoms with Crippen LogP contribution in [0, 0.1) is 11.3 Å². The minimum absolute atomic E-state index is 0.0374. The zero-order valence-corrected chi connectivity index (χ0v) is 12.0. The highest BCUT2D eigenvalue weighted by molar-refractivity contribution is 5.78. The summed E-state index contributed by atoms with van der Waals surface area (Å²) in [6.07, 6.45) is 2.09. The lowest BCUT2D eigenvalue weighted by Crippen LogP contribution is -2.45. The number of nitrogens with zero attached hydrogens (tertiary/aromatic N) is 3. The number of nitriles is 1. The van der Waals surface area contributed by atoms with E-state index in [1.54, 1.807) is 11.0 Å². The van der Waals surface area contributed by atoms with Crippen molar-refractivity contribution in [1.82, 2.24) is 15.1 Å². The van der Waals surface area contributed by atoms with Gasteiger partial charge in [-0.3, -0.25) is 9.69 Å². The van der Waals surface area contributed by atoms with Gasteiger partial charge in [-0.2, -0.15) is 5.26 Å². The predicted octanol–water partition coefficient (Wildman–Crippen LogP) is -0.164. The lowest BCUT2D eigenvalue weighted by molar-refractivity contribution is -0.130. The van der Waals surface area contributed by atoms with Gasteiger partial charge in [0.25, 0.3) is 0 Å². The topological polar surface area (TPSA) is 68.6 Å². The molecule has 0 bridgehead atoms. The molecular formula is C14H24N4O2. The molecule has 1 amide bonds. The van der Waals surface area contributed by atoms with E-state index < -0.39 is 0 Å². The van der Waals surface area contributed by atoms with Gasteiger partial charge in [-0.1, -0.05) is 6.08 Å². The van der Waals surface area contributed by atoms with Gasteiger partial charge in [-0.05, 0) is 0 Å². The number of carbonyl (C=O) groups is 1. The van der Waals surface area contributed by atoms with Crippen molar-refractivity contribution in [2.75, 3.05) is 59.0 Å². The molecule has 0 atom stereocenters. The molecule has 1 aliphatic heterocycles. The third-order valence-corrected chi connectivity index (χ3v) is 3.20. The van der Waals surface area contributed by atoms with Gasteiger partial charge in [0.2, 0.25) is 5.91 Å². The average molecular weight is 280 g/mol. The highest BCUT2D eigenvalue weighted by Crippen LogP contribution is 1.99. The standard InChI is InChI=1S/C14H24N4O2/c1-2-5-16-13-14(19)18(6-3-4-15)8-7-17-9-11-20-12-10-17/h2,16H,1,3,5-13H2. The largest absolute Gasteiger partial charge is 0.379 e. The van der Waals surface area contributed by atoms with Crippen LogP contribution in [0.2, 0.25) is 0 Å². The summed E-state index contributed by atoms with van der Waals surface area (Å²) < 4.78 is 5.30. The maximum absolute atomic E-state index is 12.1. The molecule has 6 heteroatoms. The Hall–Kier alpha value is -1.42. The van der Waals surface area contributed by atoms with Gasteiger partial charge in [0.15, 0.2) is 0 Å². The summed E-state index contributed by atoms with van der Waals surface area (Å²) in [5.41, 5.74) is 0. The molecule has 0 radical (unpaired) electrons. The first kappa shape index (κ1) is 16.6. The molecule has 0 aromatic rings. The zero-order valence-electron chi connectivity index (χ0n) is 12.0. The number of nitrogens with one attached hydrogen (secondary N) is 1. The fourth-order valence-corrected chi connectivity index (χ4v) is 2.03. The summed E-state index contributed by atoms with van der Waals surface area (Å²) in [4.78, 5) is 16.1. The van der Waals surface area contributed by atoms with Gasteiger partial charge in [0.1, 0.15) is 0 Å². The van der Waals surface area contributed by atoms with Crippen LogP contribution in [0.4, 0.5) is 0 Å². The molecule has 6 nitrogen and oxygen atoms in total. The van der Waals surface area contributed by atoms with Crippen LogP contribution in [0.25, 0.3) is 0 Å². The molecular weight excluding hydrogens is 256 g/mol. The van der Waals surface area contributed by atoms with Crippen molar-refractivity contribution in [3.05, 3.63) is 12.7 Å². The molecule has 1 saturated heterocycles. The Morgan fingerprint density at radius 2 is 2.20 bits per heavy atom. The first-order chi connectivity index (χ1) is 9.77. The summed E-state index contributed by atoms with van der Waals surface area (Å²) >= 11 is 0. The second kappa shape index (κ2) is 10.4. The highest BCUT2D eigenvalue weighted by atomic mass is 16.5. The molecule has 0 aromatic heterocycles. The Bertz CT molecular complexity index is 335. The third-order valence-electron chi connectivity index (χ3n) is 3.20. The van der Waals surface area contributed by atoms with Gasteiger partial charge in [-0.25, -0.2) is 0 Å². The molecule has 0 unspecified atom stereocenters. The van der Waals surface area contributed by atoms with E-state index in [2.05, 4.69) is 22.9 Å². The SMILES string of the molecule is C=CCNCC(=O)N(CCC#N)CCN1CCOCC1. The Balaban J connectivity index is 2.35. The fraction of sp³-hybridized carbons (Fsp3) is 0.714. The van der Waals surface area contributed by atoms with Crippen LogP contribution >= 0.6 is 0 Å². The lowest BCUT2D eigenvalue weighted by atomic mass is 10.3. The van der Waals surface area contributed by atoms with Gasteiger partial charge >= 0.3 is 0 Å². The van der Waals surface area contributed by atoms with E-state index in [-0.39, 0.29) is 5.91 Å². The monoisotopic (exact) mass is 280 g/mol. The van der Waals surface area contributed by atoms with Crippen LogP contribution in [-0.2, 0) is 9.53 Å². The van der Waals surface area contributed by atoms with Crippen LogP contribution in [0.1, 0.15) is 6.42 Å². The zero-order chi connectivity index (χ0) is 14.6. The Morgan fingerprint density at radius 1 is 1.45 bits per heavy atom. The van der Waals surface area contributed by atoms with Crippen LogP contribution < -0.4 is 5.32 Å². The van der Waals surface area contributed by atoms with Gasteiger partial charge < -0.3 is 15.0 Å². The van der Waals surface area contributed by atoms with E-state index in [4.69, 9.17) is 10.00 Å². The maximum Gasteiger partial charge on any atom is 0.236 e. The molecule has 1 aliphatic rings. The van der Waals surface area contributed by atoms with E-state index in [1.165, 1.54) is 0 Å². The van der Waals surface area contributed by atoms with Crippen molar-refractivity contribution in [2.24, 2.45) is 0 Å². The smallest absolute Gasteiger partial charge is 0.236 e. The molecule has 0 spiro atoms. The lowest BCUT2D eigenvalue weighted by Gasteiger charge is -2.30. The van der Waals surface area contributed by atoms with Crippen LogP contribution in [-0.4, -0.2) is 74.7 Å². The van der Waals surface area contributed by atoms with Crippen molar-refractivity contribution < 1.29 is 9.53 Å². The molecule has 1 N–H and O–H groups in total. The molecule has 112 valence electrons. The number of amides is 1. The highest BCUT2D eigenvalue weighted by Gasteiger charge is 2.15. The maximum atomic E-state index is 12.1. The molecule has 0 aromatic carbocycles. The Morgan fingerprint density at radius 3 is 2.85 bits per heavy atom. The second-order valence-corrected chi connectivity index (χ2v) is 4.66. The van der Waals surface area contributed by atoms with Crippen molar-refractivity contribution in [2.45, 2.75) is 6.42 Å². The number of ether oxygens (including phenoxy) is 1. The molecule has 0 aliphatic carbocycles. The van der Waals surface area contributed by atoms with Crippen molar-refractivity contribution in [3.8, 4) is 6.07 Å². The van der Waals surface area contributed by atoms with Gasteiger partial charge in [-0.15, -0.1) is 6.58 Å². The van der Waals surface area contributed by atoms with Crippen molar-refractivity contribution >= 4 is 5.91 Å². The second-order valence-electron chi connectivity index (χ2n) is 4.66. The molecule has 20 heavy (non-hydrogen) atoms. The number of hydrogen-bond donors (Lipinski definition) is 1. The van der Waals surface area contributed by atoms with Crippen LogP contribution in [0.15, 0.2) is 12.7 Å². The van der Waals surface area contributed by atoms with Gasteiger partial charge in [0.05, 0.1) is 32.2 Å². The van der Waals surface area contributed by atoms with Gasteiger partial charge in [0, 0.05) is 39.3 Å². The van der Waals surface area contributed by atoms with E-state index in [0.717, 1.165) is 32.8 Å². The summed E-state index contributed by atoms with van der Waals surface area (Å²) in [5, 5.41) is 11.7. The molecule has 0 saturated carbocycles.